The second-order valence-electron chi connectivity index (χ2n) is 33.6. The zero-order chi connectivity index (χ0) is 84.4. The van der Waals surface area contributed by atoms with Crippen molar-refractivity contribution in [3.05, 3.63) is 524 Å². The maximum Gasteiger partial charge on any atom is 0.135 e. The predicted octanol–water partition coefficient (Wildman–Crippen LogP) is 33.3. The number of rotatable bonds is 14. The van der Waals surface area contributed by atoms with Gasteiger partial charge in [0.15, 0.2) is 0 Å². The minimum Gasteiger partial charge on any atom is -0.456 e. The largest absolute Gasteiger partial charge is 0.456 e. The second-order valence-corrected chi connectivity index (χ2v) is 34.7. The van der Waals surface area contributed by atoms with Crippen LogP contribution >= 0.6 is 11.3 Å². The molecular weight excluding hydrogens is 1570 g/mol. The molecule has 2 aliphatic rings. The molecule has 0 bridgehead atoms. The highest BCUT2D eigenvalue weighted by Gasteiger charge is 2.48. The van der Waals surface area contributed by atoms with Gasteiger partial charge in [-0.15, -0.1) is 11.3 Å². The summed E-state index contributed by atoms with van der Waals surface area (Å²) in [6.07, 6.45) is 0. The molecule has 600 valence electrons. The summed E-state index contributed by atoms with van der Waals surface area (Å²) in [5.41, 5.74) is 34.9. The quantitative estimate of drug-likeness (QED) is 0.109. The smallest absolute Gasteiger partial charge is 0.135 e. The van der Waals surface area contributed by atoms with Gasteiger partial charge in [-0.05, 0) is 240 Å². The summed E-state index contributed by atoms with van der Waals surface area (Å²) < 4.78 is 17.4. The molecule has 0 fully saturated rings. The highest BCUT2D eigenvalue weighted by Crippen LogP contribution is 2.60. The lowest BCUT2D eigenvalue weighted by Gasteiger charge is -2.35. The monoisotopic (exact) mass is 1650 g/mol. The number of benzene rings is 20. The van der Waals surface area contributed by atoms with Gasteiger partial charge in [-0.1, -0.05) is 340 Å². The van der Waals surface area contributed by atoms with Crippen LogP contribution in [-0.4, -0.2) is 4.57 Å². The average molecular weight is 1650 g/mol. The van der Waals surface area contributed by atoms with E-state index in [0.29, 0.717) is 0 Å². The van der Waals surface area contributed by atoms with E-state index in [2.05, 4.69) is 469 Å². The number of aromatic nitrogens is 1. The third-order valence-electron chi connectivity index (χ3n) is 26.9. The predicted molar refractivity (Wildman–Crippen MR) is 535 cm³/mol. The molecule has 6 heteroatoms. The van der Waals surface area contributed by atoms with E-state index in [0.717, 1.165) is 106 Å². The molecule has 0 aliphatic heterocycles. The van der Waals surface area contributed by atoms with Gasteiger partial charge < -0.3 is 23.2 Å². The summed E-state index contributed by atoms with van der Waals surface area (Å²) >= 11 is 1.87. The molecule has 128 heavy (non-hydrogen) atoms. The Morgan fingerprint density at radius 2 is 0.531 bits per heavy atom. The molecule has 0 spiro atoms. The lowest BCUT2D eigenvalue weighted by Crippen LogP contribution is -2.28. The van der Waals surface area contributed by atoms with Crippen molar-refractivity contribution >= 4 is 131 Å². The Hall–Kier alpha value is -16.4. The summed E-state index contributed by atoms with van der Waals surface area (Å²) in [7, 11) is 0. The van der Waals surface area contributed by atoms with E-state index in [1.807, 2.05) is 35.6 Å². The minimum absolute atomic E-state index is 0.511. The van der Waals surface area contributed by atoms with Gasteiger partial charge in [0.2, 0.25) is 0 Å². The number of anilines is 6. The van der Waals surface area contributed by atoms with Crippen molar-refractivity contribution in [2.45, 2.75) is 10.8 Å². The fourth-order valence-corrected chi connectivity index (χ4v) is 22.4. The lowest BCUT2D eigenvalue weighted by molar-refractivity contribution is 0.668. The fraction of sp³-hybridized carbons (Fsp3) is 0.0164. The van der Waals surface area contributed by atoms with Crippen LogP contribution in [0.15, 0.2) is 488 Å². The van der Waals surface area contributed by atoms with Gasteiger partial charge in [0, 0.05) is 92.3 Å². The number of hydrogen-bond donors (Lipinski definition) is 0. The number of fused-ring (bicyclic) bond motifs is 18. The van der Waals surface area contributed by atoms with Crippen LogP contribution in [0, 0.1) is 0 Å². The zero-order valence-corrected chi connectivity index (χ0v) is 70.5. The van der Waals surface area contributed by atoms with Gasteiger partial charge in [0.25, 0.3) is 0 Å². The highest BCUT2D eigenvalue weighted by molar-refractivity contribution is 7.26. The molecule has 4 heterocycles. The van der Waals surface area contributed by atoms with Gasteiger partial charge in [0.1, 0.15) is 22.3 Å². The first kappa shape index (κ1) is 74.3. The van der Waals surface area contributed by atoms with E-state index in [-0.39, 0.29) is 0 Å². The van der Waals surface area contributed by atoms with E-state index >= 15 is 0 Å². The van der Waals surface area contributed by atoms with Crippen molar-refractivity contribution in [3.8, 4) is 61.3 Å². The number of hydrogen-bond acceptors (Lipinski definition) is 5. The molecule has 0 saturated carbocycles. The number of para-hydroxylation sites is 4. The lowest BCUT2D eigenvalue weighted by atomic mass is 9.67. The summed E-state index contributed by atoms with van der Waals surface area (Å²) in [5, 5.41) is 9.65. The van der Waals surface area contributed by atoms with Crippen molar-refractivity contribution in [3.63, 3.8) is 0 Å². The third-order valence-corrected chi connectivity index (χ3v) is 28.1. The topological polar surface area (TPSA) is 37.7 Å². The molecule has 26 rings (SSSR count). The minimum atomic E-state index is -0.518. The van der Waals surface area contributed by atoms with Crippen LogP contribution in [0.2, 0.25) is 0 Å². The molecule has 20 aromatic carbocycles. The fourth-order valence-electron chi connectivity index (χ4n) is 21.2. The van der Waals surface area contributed by atoms with Crippen LogP contribution in [-0.2, 0) is 10.8 Å². The second kappa shape index (κ2) is 30.3. The normalized spacial score (nSPS) is 12.8. The Kier molecular flexibility index (Phi) is 17.6. The van der Waals surface area contributed by atoms with Gasteiger partial charge in [-0.3, -0.25) is 0 Å². The van der Waals surface area contributed by atoms with Crippen molar-refractivity contribution in [1.29, 1.82) is 0 Å². The Morgan fingerprint density at radius 1 is 0.203 bits per heavy atom. The molecule has 0 unspecified atom stereocenters. The molecule has 24 aromatic rings. The van der Waals surface area contributed by atoms with Crippen LogP contribution in [0.1, 0.15) is 44.5 Å². The van der Waals surface area contributed by atoms with Crippen LogP contribution in [0.25, 0.3) is 147 Å². The van der Waals surface area contributed by atoms with E-state index in [4.69, 9.17) is 8.83 Å². The summed E-state index contributed by atoms with van der Waals surface area (Å²) in [4.78, 5) is 4.83. The zero-order valence-electron chi connectivity index (χ0n) is 69.7. The third kappa shape index (κ3) is 11.8. The van der Waals surface area contributed by atoms with Crippen molar-refractivity contribution in [1.82, 2.24) is 4.57 Å². The highest BCUT2D eigenvalue weighted by atomic mass is 32.1. The number of furan rings is 2. The first-order chi connectivity index (χ1) is 63.5. The number of nitrogens with zero attached hydrogens (tertiary/aromatic N) is 3. The van der Waals surface area contributed by atoms with Crippen LogP contribution in [0.5, 0.6) is 0 Å². The van der Waals surface area contributed by atoms with Gasteiger partial charge in [0.05, 0.1) is 21.9 Å². The molecule has 5 nitrogen and oxygen atoms in total. The maximum atomic E-state index is 6.18. The SMILES string of the molecule is c1ccc(C2(c3ccccc3)c3ccccc3-c3ccc(N(c4ccc(-c5ccc6oc7ccccc7c6c5)cc4)c4ccc(-c5cccc6c5sc5ccccc56)cc4)cc32)cc1.c1ccc(C2(c3ccccc3)c3ccccc3-c3ccc(N(c4ccc(-c5ccc6oc7ccccc7c6c5)cc4)c4ccc(-n5c6ccccc6c6ccccc65)cc4)cc32)cc1. The van der Waals surface area contributed by atoms with Crippen LogP contribution < -0.4 is 9.80 Å². The van der Waals surface area contributed by atoms with Crippen molar-refractivity contribution in [2.24, 2.45) is 0 Å². The van der Waals surface area contributed by atoms with E-state index in [9.17, 15) is 0 Å². The summed E-state index contributed by atoms with van der Waals surface area (Å²) in [5.74, 6) is 0. The molecule has 4 aromatic heterocycles. The standard InChI is InChI=1S/C61H40N2O.C61H39NOS/c1-3-15-43(16-4-1)61(44-17-5-2-6-18-44)55-23-11-7-19-49(55)50-37-36-48(40-56(50)61)62(45-30-27-41(28-31-45)42-29-38-60-54(39-42)53-22-10-14-26-59(53)64-60)46-32-34-47(35-33-46)63-57-24-12-8-20-51(57)52-21-9-13-25-58(52)63;1-3-14-43(15-4-1)61(44-16-5-2-6-17-44)55-23-10-7-18-49(55)50-36-35-47(39-56(50)61)62(45-31-26-40(27-32-45)42-30-37-58-54(38-42)51-19-8-11-24-57(51)63-58)46-33-28-41(29-34-46)48-21-13-22-53-52-20-9-12-25-59(52)64-60(48)53/h1-40H;1-39H. The first-order valence-electron chi connectivity index (χ1n) is 43.9. The van der Waals surface area contributed by atoms with E-state index in [1.165, 1.54) is 120 Å². The van der Waals surface area contributed by atoms with Gasteiger partial charge in [-0.2, -0.15) is 0 Å². The van der Waals surface area contributed by atoms with Crippen LogP contribution in [0.3, 0.4) is 0 Å². The summed E-state index contributed by atoms with van der Waals surface area (Å²) in [6, 6.07) is 175. The Bertz CT molecular complexity index is 8280. The molecule has 0 atom stereocenters. The molecule has 0 amide bonds. The molecule has 0 radical (unpaired) electrons. The maximum absolute atomic E-state index is 6.18. The summed E-state index contributed by atoms with van der Waals surface area (Å²) in [6.45, 7) is 0. The van der Waals surface area contributed by atoms with Gasteiger partial charge >= 0.3 is 0 Å². The molecule has 0 saturated heterocycles. The first-order valence-corrected chi connectivity index (χ1v) is 44.7. The molecule has 2 aliphatic carbocycles. The van der Waals surface area contributed by atoms with Gasteiger partial charge in [-0.25, -0.2) is 0 Å². The Balaban J connectivity index is 0.000000139. The van der Waals surface area contributed by atoms with E-state index in [1.54, 1.807) is 0 Å². The average Bonchev–Trinajstić information content (AvgIpc) is 1.47. The Labute approximate surface area is 745 Å². The van der Waals surface area contributed by atoms with Crippen molar-refractivity contribution < 1.29 is 8.83 Å². The number of thiophene rings is 1. The van der Waals surface area contributed by atoms with E-state index < -0.39 is 10.8 Å². The van der Waals surface area contributed by atoms with Crippen LogP contribution in [0.4, 0.5) is 34.1 Å². The van der Waals surface area contributed by atoms with Crippen molar-refractivity contribution in [2.75, 3.05) is 9.80 Å². The molecule has 0 N–H and O–H groups in total. The molecular formula is C122H79N3O2S. The Morgan fingerprint density at radius 3 is 0.984 bits per heavy atom.